The van der Waals surface area contributed by atoms with Gasteiger partial charge in [-0.05, 0) is 0 Å². The van der Waals surface area contributed by atoms with Crippen molar-refractivity contribution in [2.75, 3.05) is 38.7 Å². The molecule has 0 fully saturated rings. The Morgan fingerprint density at radius 2 is 2.32 bits per heavy atom. The van der Waals surface area contributed by atoms with Gasteiger partial charge < -0.3 is 15.4 Å². The fourth-order valence-corrected chi connectivity index (χ4v) is 1.64. The van der Waals surface area contributed by atoms with Crippen molar-refractivity contribution in [2.24, 2.45) is 0 Å². The zero-order valence-corrected chi connectivity index (χ0v) is 11.7. The van der Waals surface area contributed by atoms with Crippen LogP contribution in [0.5, 0.6) is 0 Å². The Balaban J connectivity index is 2.48. The van der Waals surface area contributed by atoms with E-state index in [-0.39, 0.29) is 10.6 Å². The summed E-state index contributed by atoms with van der Waals surface area (Å²) in [7, 11) is 1.66. The molecule has 6 nitrogen and oxygen atoms in total. The van der Waals surface area contributed by atoms with E-state index >= 15 is 0 Å². The summed E-state index contributed by atoms with van der Waals surface area (Å²) in [5, 5.41) is 10.4. The largest absolute Gasteiger partial charge is 0.383 e. The van der Waals surface area contributed by atoms with Crippen LogP contribution in [0.15, 0.2) is 23.6 Å². The molecule has 0 spiro atoms. The smallest absolute Gasteiger partial charge is 0.287 e. The third-order valence-corrected chi connectivity index (χ3v) is 2.75. The molecule has 0 unspecified atom stereocenters. The van der Waals surface area contributed by atoms with Crippen molar-refractivity contribution in [2.45, 2.75) is 6.54 Å². The molecule has 1 rings (SSSR count). The summed E-state index contributed by atoms with van der Waals surface area (Å²) in [6, 6.07) is 0. The molecule has 0 aliphatic carbocycles. The van der Waals surface area contributed by atoms with Crippen molar-refractivity contribution in [1.82, 2.24) is 15.1 Å². The molecule has 0 saturated heterocycles. The quantitative estimate of drug-likeness (QED) is 0.517. The lowest BCUT2D eigenvalue weighted by atomic mass is 10.4. The molecule has 1 aromatic heterocycles. The standard InChI is InChI=1S/C12H19ClN4O2/c1-3-7-17-12(18)11(13)10(9-16-17)15-5-4-14-6-8-19-2/h3,9,14-15H,1,4-8H2,2H3. The van der Waals surface area contributed by atoms with E-state index in [0.29, 0.717) is 25.4 Å². The number of allylic oxidation sites excluding steroid dienone is 1. The number of aromatic nitrogens is 2. The molecule has 0 aromatic carbocycles. The number of halogens is 1. The first kappa shape index (κ1) is 15.7. The maximum atomic E-state index is 11.8. The number of nitrogens with zero attached hydrogens (tertiary/aromatic N) is 2. The maximum absolute atomic E-state index is 11.8. The van der Waals surface area contributed by atoms with E-state index in [9.17, 15) is 4.79 Å². The van der Waals surface area contributed by atoms with E-state index in [1.54, 1.807) is 19.4 Å². The molecule has 0 radical (unpaired) electrons. The van der Waals surface area contributed by atoms with Crippen LogP contribution in [0.1, 0.15) is 0 Å². The number of ether oxygens (including phenoxy) is 1. The highest BCUT2D eigenvalue weighted by molar-refractivity contribution is 6.32. The van der Waals surface area contributed by atoms with Gasteiger partial charge in [-0.2, -0.15) is 5.10 Å². The number of hydrogen-bond acceptors (Lipinski definition) is 5. The molecule has 1 aromatic rings. The van der Waals surface area contributed by atoms with Gasteiger partial charge in [-0.1, -0.05) is 17.7 Å². The summed E-state index contributed by atoms with van der Waals surface area (Å²) in [4.78, 5) is 11.8. The Morgan fingerprint density at radius 1 is 1.53 bits per heavy atom. The van der Waals surface area contributed by atoms with E-state index in [4.69, 9.17) is 16.3 Å². The minimum absolute atomic E-state index is 0.147. The molecular formula is C12H19ClN4O2. The number of hydrogen-bond donors (Lipinski definition) is 2. The minimum atomic E-state index is -0.320. The zero-order chi connectivity index (χ0) is 14.1. The maximum Gasteiger partial charge on any atom is 0.287 e. The van der Waals surface area contributed by atoms with Gasteiger partial charge in [-0.3, -0.25) is 4.79 Å². The monoisotopic (exact) mass is 286 g/mol. The van der Waals surface area contributed by atoms with Crippen LogP contribution in [0.2, 0.25) is 5.02 Å². The van der Waals surface area contributed by atoms with Crippen LogP contribution in [-0.2, 0) is 11.3 Å². The van der Waals surface area contributed by atoms with Crippen LogP contribution < -0.4 is 16.2 Å². The molecule has 0 aliphatic heterocycles. The normalized spacial score (nSPS) is 10.4. The van der Waals surface area contributed by atoms with E-state index < -0.39 is 0 Å². The van der Waals surface area contributed by atoms with E-state index in [2.05, 4.69) is 22.3 Å². The van der Waals surface area contributed by atoms with Crippen LogP contribution in [0.4, 0.5) is 5.69 Å². The summed E-state index contributed by atoms with van der Waals surface area (Å²) < 4.78 is 6.17. The van der Waals surface area contributed by atoms with Crippen molar-refractivity contribution in [3.63, 3.8) is 0 Å². The highest BCUT2D eigenvalue weighted by Crippen LogP contribution is 2.14. The molecule has 106 valence electrons. The van der Waals surface area contributed by atoms with E-state index in [1.165, 1.54) is 4.68 Å². The van der Waals surface area contributed by atoms with Crippen LogP contribution >= 0.6 is 11.6 Å². The lowest BCUT2D eigenvalue weighted by Crippen LogP contribution is -2.27. The van der Waals surface area contributed by atoms with Gasteiger partial charge in [0.05, 0.1) is 25.0 Å². The summed E-state index contributed by atoms with van der Waals surface area (Å²) in [6.45, 7) is 6.75. The van der Waals surface area contributed by atoms with Gasteiger partial charge in [-0.15, -0.1) is 6.58 Å². The van der Waals surface area contributed by atoms with Gasteiger partial charge >= 0.3 is 0 Å². The second-order valence-electron chi connectivity index (χ2n) is 3.82. The van der Waals surface area contributed by atoms with Gasteiger partial charge in [0.2, 0.25) is 0 Å². The van der Waals surface area contributed by atoms with Gasteiger partial charge in [0.1, 0.15) is 5.02 Å². The summed E-state index contributed by atoms with van der Waals surface area (Å²) in [6.07, 6.45) is 3.14. The molecule has 7 heteroatoms. The zero-order valence-electron chi connectivity index (χ0n) is 11.0. The second-order valence-corrected chi connectivity index (χ2v) is 4.20. The molecule has 1 heterocycles. The van der Waals surface area contributed by atoms with Crippen molar-refractivity contribution in [3.05, 3.63) is 34.2 Å². The molecule has 2 N–H and O–H groups in total. The first-order valence-electron chi connectivity index (χ1n) is 6.00. The lowest BCUT2D eigenvalue weighted by Gasteiger charge is -2.10. The molecular weight excluding hydrogens is 268 g/mol. The summed E-state index contributed by atoms with van der Waals surface area (Å²) in [5.41, 5.74) is 0.222. The highest BCUT2D eigenvalue weighted by Gasteiger charge is 2.07. The Morgan fingerprint density at radius 3 is 3.00 bits per heavy atom. The summed E-state index contributed by atoms with van der Waals surface area (Å²) >= 11 is 5.99. The topological polar surface area (TPSA) is 68.2 Å². The summed E-state index contributed by atoms with van der Waals surface area (Å²) in [5.74, 6) is 0. The molecule has 0 bridgehead atoms. The molecule has 0 atom stereocenters. The van der Waals surface area contributed by atoms with Gasteiger partial charge in [0, 0.05) is 26.7 Å². The van der Waals surface area contributed by atoms with Crippen LogP contribution in [0.25, 0.3) is 0 Å². The number of methoxy groups -OCH3 is 1. The van der Waals surface area contributed by atoms with E-state index in [1.807, 2.05) is 0 Å². The molecule has 19 heavy (non-hydrogen) atoms. The highest BCUT2D eigenvalue weighted by atomic mass is 35.5. The predicted molar refractivity (Wildman–Crippen MR) is 76.9 cm³/mol. The van der Waals surface area contributed by atoms with Crippen molar-refractivity contribution in [1.29, 1.82) is 0 Å². The molecule has 0 aliphatic rings. The van der Waals surface area contributed by atoms with Crippen molar-refractivity contribution in [3.8, 4) is 0 Å². The van der Waals surface area contributed by atoms with Crippen molar-refractivity contribution >= 4 is 17.3 Å². The first-order chi connectivity index (χ1) is 9.20. The third kappa shape index (κ3) is 5.02. The van der Waals surface area contributed by atoms with Crippen LogP contribution in [0.3, 0.4) is 0 Å². The first-order valence-corrected chi connectivity index (χ1v) is 6.38. The minimum Gasteiger partial charge on any atom is -0.383 e. The average molecular weight is 287 g/mol. The number of anilines is 1. The van der Waals surface area contributed by atoms with Gasteiger partial charge in [0.15, 0.2) is 0 Å². The Bertz CT molecular complexity index is 462. The van der Waals surface area contributed by atoms with Crippen molar-refractivity contribution < 1.29 is 4.74 Å². The average Bonchev–Trinajstić information content (AvgIpc) is 2.41. The van der Waals surface area contributed by atoms with Crippen LogP contribution in [0, 0.1) is 0 Å². The lowest BCUT2D eigenvalue weighted by molar-refractivity contribution is 0.200. The molecule has 0 saturated carbocycles. The Kier molecular flexibility index (Phi) is 7.17. The van der Waals surface area contributed by atoms with E-state index in [0.717, 1.165) is 13.1 Å². The Labute approximate surface area is 117 Å². The SMILES string of the molecule is C=CCn1ncc(NCCNCCOC)c(Cl)c1=O. The fraction of sp³-hybridized carbons (Fsp3) is 0.500. The fourth-order valence-electron chi connectivity index (χ4n) is 1.43. The second kappa shape index (κ2) is 8.68. The van der Waals surface area contributed by atoms with Gasteiger partial charge in [-0.25, -0.2) is 4.68 Å². The van der Waals surface area contributed by atoms with Gasteiger partial charge in [0.25, 0.3) is 5.56 Å². The Hall–Kier alpha value is -1.37. The number of nitrogens with one attached hydrogen (secondary N) is 2. The van der Waals surface area contributed by atoms with Crippen LogP contribution in [-0.4, -0.2) is 43.1 Å². The number of rotatable bonds is 9. The molecule has 0 amide bonds. The third-order valence-electron chi connectivity index (χ3n) is 2.39. The predicted octanol–water partition coefficient (Wildman–Crippen LogP) is 0.731.